The Bertz CT molecular complexity index is 609. The van der Waals surface area contributed by atoms with Crippen molar-refractivity contribution in [2.24, 2.45) is 0 Å². The molecule has 0 spiro atoms. The van der Waals surface area contributed by atoms with E-state index in [0.717, 1.165) is 6.07 Å². The maximum absolute atomic E-state index is 13.0. The van der Waals surface area contributed by atoms with Crippen LogP contribution in [0.25, 0.3) is 0 Å². The molecule has 0 heterocycles. The molecule has 21 heavy (non-hydrogen) atoms. The van der Waals surface area contributed by atoms with Crippen molar-refractivity contribution >= 4 is 17.1 Å². The summed E-state index contributed by atoms with van der Waals surface area (Å²) >= 11 is 0. The molecule has 0 aliphatic carbocycles. The minimum Gasteiger partial charge on any atom is -0.494 e. The highest BCUT2D eigenvalue weighted by molar-refractivity contribution is 5.67. The molecule has 0 unspecified atom stereocenters. The number of nitrogens with two attached hydrogens (primary N) is 1. The summed E-state index contributed by atoms with van der Waals surface area (Å²) in [5.74, 6) is 0.663. The van der Waals surface area contributed by atoms with Gasteiger partial charge < -0.3 is 15.8 Å². The van der Waals surface area contributed by atoms with Gasteiger partial charge in [-0.1, -0.05) is 0 Å². The average molecular weight is 296 g/mol. The molecule has 2 rings (SSSR count). The van der Waals surface area contributed by atoms with Crippen molar-refractivity contribution in [3.8, 4) is 5.75 Å². The highest BCUT2D eigenvalue weighted by atomic mass is 19.4. The quantitative estimate of drug-likeness (QED) is 0.820. The number of rotatable bonds is 4. The lowest BCUT2D eigenvalue weighted by molar-refractivity contribution is -0.136. The van der Waals surface area contributed by atoms with Crippen molar-refractivity contribution in [2.75, 3.05) is 17.7 Å². The van der Waals surface area contributed by atoms with Crippen LogP contribution >= 0.6 is 0 Å². The van der Waals surface area contributed by atoms with Crippen LogP contribution in [-0.4, -0.2) is 6.61 Å². The van der Waals surface area contributed by atoms with Crippen LogP contribution in [0.15, 0.2) is 42.5 Å². The van der Waals surface area contributed by atoms with Crippen LogP contribution in [0.5, 0.6) is 5.75 Å². The summed E-state index contributed by atoms with van der Waals surface area (Å²) in [6.45, 7) is 2.39. The molecule has 0 atom stereocenters. The lowest BCUT2D eigenvalue weighted by Crippen LogP contribution is -2.09. The van der Waals surface area contributed by atoms with Crippen LogP contribution in [0, 0.1) is 0 Å². The first kappa shape index (κ1) is 15.0. The summed E-state index contributed by atoms with van der Waals surface area (Å²) < 4.78 is 44.2. The Hall–Kier alpha value is -2.37. The summed E-state index contributed by atoms with van der Waals surface area (Å²) in [7, 11) is 0. The topological polar surface area (TPSA) is 47.3 Å². The Morgan fingerprint density at radius 3 is 2.33 bits per heavy atom. The number of benzene rings is 2. The van der Waals surface area contributed by atoms with E-state index in [1.54, 1.807) is 24.3 Å². The molecular weight excluding hydrogens is 281 g/mol. The van der Waals surface area contributed by atoms with Gasteiger partial charge in [0.1, 0.15) is 5.75 Å². The molecule has 0 saturated carbocycles. The van der Waals surface area contributed by atoms with Crippen LogP contribution in [-0.2, 0) is 6.18 Å². The van der Waals surface area contributed by atoms with Crippen molar-refractivity contribution in [3.05, 3.63) is 48.0 Å². The fraction of sp³-hybridized carbons (Fsp3) is 0.200. The fourth-order valence-electron chi connectivity index (χ4n) is 1.86. The van der Waals surface area contributed by atoms with Gasteiger partial charge in [-0.05, 0) is 49.4 Å². The number of hydrogen-bond acceptors (Lipinski definition) is 3. The standard InChI is InChI=1S/C15H15F3N2O/c1-2-21-12-6-4-11(5-7-12)20-14-8-3-10(19)9-13(14)15(16,17)18/h3-9,20H,2,19H2,1H3. The summed E-state index contributed by atoms with van der Waals surface area (Å²) in [5, 5.41) is 2.74. The molecular formula is C15H15F3N2O. The summed E-state index contributed by atoms with van der Waals surface area (Å²) in [6.07, 6.45) is -4.47. The lowest BCUT2D eigenvalue weighted by atomic mass is 10.1. The first-order valence-corrected chi connectivity index (χ1v) is 6.36. The summed E-state index contributed by atoms with van der Waals surface area (Å²) in [5.41, 5.74) is 5.20. The third-order valence-electron chi connectivity index (χ3n) is 2.79. The number of nitrogens with one attached hydrogen (secondary N) is 1. The molecule has 3 nitrogen and oxygen atoms in total. The van der Waals surface area contributed by atoms with Crippen LogP contribution in [0.3, 0.4) is 0 Å². The van der Waals surface area contributed by atoms with Gasteiger partial charge in [0.2, 0.25) is 0 Å². The number of ether oxygens (including phenoxy) is 1. The second-order valence-electron chi connectivity index (χ2n) is 4.39. The minimum atomic E-state index is -4.47. The maximum atomic E-state index is 13.0. The zero-order chi connectivity index (χ0) is 15.5. The maximum Gasteiger partial charge on any atom is 0.418 e. The van der Waals surface area contributed by atoms with Gasteiger partial charge in [-0.15, -0.1) is 0 Å². The number of anilines is 3. The fourth-order valence-corrected chi connectivity index (χ4v) is 1.86. The van der Waals surface area contributed by atoms with E-state index in [9.17, 15) is 13.2 Å². The third kappa shape index (κ3) is 3.81. The Kier molecular flexibility index (Phi) is 4.26. The molecule has 0 aliphatic heterocycles. The third-order valence-corrected chi connectivity index (χ3v) is 2.79. The first-order valence-electron chi connectivity index (χ1n) is 6.36. The second-order valence-corrected chi connectivity index (χ2v) is 4.39. The van der Waals surface area contributed by atoms with Crippen molar-refractivity contribution in [1.29, 1.82) is 0 Å². The van der Waals surface area contributed by atoms with Crippen molar-refractivity contribution in [3.63, 3.8) is 0 Å². The van der Waals surface area contributed by atoms with Gasteiger partial charge in [-0.25, -0.2) is 0 Å². The predicted molar refractivity (Wildman–Crippen MR) is 76.8 cm³/mol. The Morgan fingerprint density at radius 1 is 1.10 bits per heavy atom. The SMILES string of the molecule is CCOc1ccc(Nc2ccc(N)cc2C(F)(F)F)cc1. The number of hydrogen-bond donors (Lipinski definition) is 2. The average Bonchev–Trinajstić information content (AvgIpc) is 2.42. The van der Waals surface area contributed by atoms with Gasteiger partial charge >= 0.3 is 6.18 Å². The summed E-state index contributed by atoms with van der Waals surface area (Å²) in [6, 6.07) is 10.3. The molecule has 0 aliphatic rings. The molecule has 6 heteroatoms. The van der Waals surface area contributed by atoms with Gasteiger partial charge in [0.05, 0.1) is 17.9 Å². The predicted octanol–water partition coefficient (Wildman–Crippen LogP) is 4.43. The molecule has 2 aromatic carbocycles. The van der Waals surface area contributed by atoms with Crippen molar-refractivity contribution in [2.45, 2.75) is 13.1 Å². The van der Waals surface area contributed by atoms with E-state index in [-0.39, 0.29) is 11.4 Å². The van der Waals surface area contributed by atoms with Crippen LogP contribution in [0.1, 0.15) is 12.5 Å². The Balaban J connectivity index is 2.27. The smallest absolute Gasteiger partial charge is 0.418 e. The first-order chi connectivity index (χ1) is 9.90. The van der Waals surface area contributed by atoms with E-state index in [1.807, 2.05) is 6.92 Å². The second kappa shape index (κ2) is 5.95. The summed E-state index contributed by atoms with van der Waals surface area (Å²) in [4.78, 5) is 0. The van der Waals surface area contributed by atoms with E-state index in [0.29, 0.717) is 18.0 Å². The van der Waals surface area contributed by atoms with E-state index in [1.165, 1.54) is 12.1 Å². The van der Waals surface area contributed by atoms with Gasteiger partial charge in [0, 0.05) is 11.4 Å². The zero-order valence-corrected chi connectivity index (χ0v) is 11.4. The number of alkyl halides is 3. The van der Waals surface area contributed by atoms with Gasteiger partial charge in [-0.2, -0.15) is 13.2 Å². The molecule has 2 aromatic rings. The molecule has 0 aromatic heterocycles. The molecule has 112 valence electrons. The molecule has 0 radical (unpaired) electrons. The highest BCUT2D eigenvalue weighted by Gasteiger charge is 2.33. The minimum absolute atomic E-state index is 0.0409. The molecule has 0 fully saturated rings. The van der Waals surface area contributed by atoms with Crippen molar-refractivity contribution in [1.82, 2.24) is 0 Å². The van der Waals surface area contributed by atoms with Crippen LogP contribution in [0.2, 0.25) is 0 Å². The van der Waals surface area contributed by atoms with E-state index < -0.39 is 11.7 Å². The molecule has 0 bridgehead atoms. The Labute approximate surface area is 120 Å². The van der Waals surface area contributed by atoms with Gasteiger partial charge in [-0.3, -0.25) is 0 Å². The molecule has 0 saturated heterocycles. The lowest BCUT2D eigenvalue weighted by Gasteiger charge is -2.15. The monoisotopic (exact) mass is 296 g/mol. The largest absolute Gasteiger partial charge is 0.494 e. The zero-order valence-electron chi connectivity index (χ0n) is 11.4. The number of halogens is 3. The van der Waals surface area contributed by atoms with E-state index in [4.69, 9.17) is 10.5 Å². The van der Waals surface area contributed by atoms with Crippen LogP contribution in [0.4, 0.5) is 30.2 Å². The van der Waals surface area contributed by atoms with E-state index >= 15 is 0 Å². The van der Waals surface area contributed by atoms with Crippen molar-refractivity contribution < 1.29 is 17.9 Å². The Morgan fingerprint density at radius 2 is 1.76 bits per heavy atom. The normalized spacial score (nSPS) is 11.2. The van der Waals surface area contributed by atoms with Crippen LogP contribution < -0.4 is 15.8 Å². The van der Waals surface area contributed by atoms with E-state index in [2.05, 4.69) is 5.32 Å². The van der Waals surface area contributed by atoms with Gasteiger partial charge in [0.15, 0.2) is 0 Å². The highest BCUT2D eigenvalue weighted by Crippen LogP contribution is 2.37. The number of nitrogen functional groups attached to an aromatic ring is 1. The molecule has 0 amide bonds. The van der Waals surface area contributed by atoms with Gasteiger partial charge in [0.25, 0.3) is 0 Å². The molecule has 3 N–H and O–H groups in total.